The molecule has 0 spiro atoms. The number of ether oxygens (including phenoxy) is 2. The van der Waals surface area contributed by atoms with Gasteiger partial charge in [-0.05, 0) is 0 Å². The molecule has 11 heavy (non-hydrogen) atoms. The van der Waals surface area contributed by atoms with E-state index >= 15 is 0 Å². The summed E-state index contributed by atoms with van der Waals surface area (Å²) in [5.74, 6) is 0. The van der Waals surface area contributed by atoms with Crippen LogP contribution in [0.2, 0.25) is 0 Å². The Morgan fingerprint density at radius 2 is 2.64 bits per heavy atom. The van der Waals surface area contributed by atoms with Crippen molar-refractivity contribution in [3.8, 4) is 0 Å². The van der Waals surface area contributed by atoms with Gasteiger partial charge in [-0.2, -0.15) is 0 Å². The molecule has 0 aliphatic carbocycles. The lowest BCUT2D eigenvalue weighted by atomic mass is 10.2. The molecule has 1 aliphatic heterocycles. The summed E-state index contributed by atoms with van der Waals surface area (Å²) in [6.07, 6.45) is 1.31. The summed E-state index contributed by atoms with van der Waals surface area (Å²) in [5, 5.41) is 2.51. The van der Waals surface area contributed by atoms with Gasteiger partial charge < -0.3 is 9.47 Å². The smallest absolute Gasteiger partial charge is 0.409 e. The van der Waals surface area contributed by atoms with Crippen molar-refractivity contribution in [2.75, 3.05) is 7.11 Å². The number of amides is 1. The van der Waals surface area contributed by atoms with Gasteiger partial charge in [-0.3, -0.25) is 5.32 Å². The van der Waals surface area contributed by atoms with E-state index in [1.807, 2.05) is 0 Å². The standard InChI is InChI=1S/C7H11NO3/c1-3-4-5-6(10-2)8-7(9)11-5/h3,5-6H,1,4H2,2H3,(H,8,9). The predicted molar refractivity (Wildman–Crippen MR) is 39.0 cm³/mol. The molecule has 0 aromatic rings. The Morgan fingerprint density at radius 3 is 3.18 bits per heavy atom. The molecule has 1 fully saturated rings. The number of carbonyl (C=O) groups excluding carboxylic acids is 1. The molecular formula is C7H11NO3. The molecule has 1 rings (SSSR count). The van der Waals surface area contributed by atoms with Crippen molar-refractivity contribution in [1.29, 1.82) is 0 Å². The summed E-state index contributed by atoms with van der Waals surface area (Å²) in [4.78, 5) is 10.6. The Kier molecular flexibility index (Phi) is 2.48. The first-order chi connectivity index (χ1) is 5.27. The normalized spacial score (nSPS) is 29.4. The van der Waals surface area contributed by atoms with Crippen molar-refractivity contribution >= 4 is 6.09 Å². The highest BCUT2D eigenvalue weighted by molar-refractivity contribution is 5.69. The zero-order valence-corrected chi connectivity index (χ0v) is 6.37. The fraction of sp³-hybridized carbons (Fsp3) is 0.571. The molecule has 0 bridgehead atoms. The van der Waals surface area contributed by atoms with Crippen LogP contribution in [0.1, 0.15) is 6.42 Å². The van der Waals surface area contributed by atoms with E-state index in [-0.39, 0.29) is 12.3 Å². The van der Waals surface area contributed by atoms with Crippen LogP contribution in [0, 0.1) is 0 Å². The second-order valence-corrected chi connectivity index (χ2v) is 2.27. The maximum atomic E-state index is 10.6. The number of methoxy groups -OCH3 is 1. The van der Waals surface area contributed by atoms with E-state index in [1.54, 1.807) is 6.08 Å². The monoisotopic (exact) mass is 157 g/mol. The largest absolute Gasteiger partial charge is 0.441 e. The molecule has 62 valence electrons. The zero-order chi connectivity index (χ0) is 8.27. The third kappa shape index (κ3) is 1.71. The lowest BCUT2D eigenvalue weighted by Crippen LogP contribution is -2.32. The van der Waals surface area contributed by atoms with Crippen molar-refractivity contribution in [2.45, 2.75) is 18.8 Å². The average molecular weight is 157 g/mol. The van der Waals surface area contributed by atoms with Crippen LogP contribution in [0.4, 0.5) is 4.79 Å². The summed E-state index contributed by atoms with van der Waals surface area (Å²) < 4.78 is 9.80. The first kappa shape index (κ1) is 8.07. The van der Waals surface area contributed by atoms with Crippen molar-refractivity contribution in [2.24, 2.45) is 0 Å². The van der Waals surface area contributed by atoms with Gasteiger partial charge in [-0.25, -0.2) is 4.79 Å². The molecule has 0 aromatic carbocycles. The predicted octanol–water partition coefficient (Wildman–Crippen LogP) is 0.643. The number of carbonyl (C=O) groups is 1. The van der Waals surface area contributed by atoms with Gasteiger partial charge in [0.25, 0.3) is 0 Å². The molecule has 4 heteroatoms. The fourth-order valence-corrected chi connectivity index (χ4v) is 0.989. The number of nitrogens with one attached hydrogen (secondary N) is 1. The Bertz CT molecular complexity index is 169. The van der Waals surface area contributed by atoms with Gasteiger partial charge in [0, 0.05) is 13.5 Å². The first-order valence-electron chi connectivity index (χ1n) is 3.38. The minimum Gasteiger partial charge on any atom is -0.441 e. The molecular weight excluding hydrogens is 146 g/mol. The molecule has 0 aromatic heterocycles. The number of alkyl carbamates (subject to hydrolysis) is 1. The maximum Gasteiger partial charge on any atom is 0.409 e. The fourth-order valence-electron chi connectivity index (χ4n) is 0.989. The Balaban J connectivity index is 2.49. The quantitative estimate of drug-likeness (QED) is 0.611. The van der Waals surface area contributed by atoms with E-state index < -0.39 is 6.09 Å². The van der Waals surface area contributed by atoms with E-state index in [0.29, 0.717) is 6.42 Å². The summed E-state index contributed by atoms with van der Waals surface area (Å²) in [6, 6.07) is 0. The molecule has 1 heterocycles. The van der Waals surface area contributed by atoms with Gasteiger partial charge >= 0.3 is 6.09 Å². The lowest BCUT2D eigenvalue weighted by Gasteiger charge is -2.12. The zero-order valence-electron chi connectivity index (χ0n) is 6.37. The molecule has 1 amide bonds. The minimum atomic E-state index is -0.427. The van der Waals surface area contributed by atoms with E-state index in [0.717, 1.165) is 0 Å². The molecule has 4 nitrogen and oxygen atoms in total. The molecule has 1 N–H and O–H groups in total. The first-order valence-corrected chi connectivity index (χ1v) is 3.38. The second kappa shape index (κ2) is 3.39. The van der Waals surface area contributed by atoms with E-state index in [2.05, 4.69) is 11.9 Å². The Morgan fingerprint density at radius 1 is 1.91 bits per heavy atom. The van der Waals surface area contributed by atoms with Crippen LogP contribution in [0.25, 0.3) is 0 Å². The van der Waals surface area contributed by atoms with E-state index in [4.69, 9.17) is 9.47 Å². The average Bonchev–Trinajstić information content (AvgIpc) is 2.32. The summed E-state index contributed by atoms with van der Waals surface area (Å²) in [5.41, 5.74) is 0. The van der Waals surface area contributed by atoms with Crippen LogP contribution in [0.15, 0.2) is 12.7 Å². The third-order valence-corrected chi connectivity index (χ3v) is 1.51. The SMILES string of the molecule is C=CCC1OC(=O)NC1OC. The minimum absolute atomic E-state index is 0.231. The van der Waals surface area contributed by atoms with Gasteiger partial charge in [-0.1, -0.05) is 6.08 Å². The van der Waals surface area contributed by atoms with Crippen molar-refractivity contribution in [3.05, 3.63) is 12.7 Å². The molecule has 0 saturated carbocycles. The van der Waals surface area contributed by atoms with Crippen LogP contribution >= 0.6 is 0 Å². The second-order valence-electron chi connectivity index (χ2n) is 2.27. The van der Waals surface area contributed by atoms with Crippen molar-refractivity contribution in [3.63, 3.8) is 0 Å². The van der Waals surface area contributed by atoms with Gasteiger partial charge in [0.15, 0.2) is 12.3 Å². The van der Waals surface area contributed by atoms with Gasteiger partial charge in [-0.15, -0.1) is 6.58 Å². The lowest BCUT2D eigenvalue weighted by molar-refractivity contribution is 0.0235. The van der Waals surface area contributed by atoms with Crippen molar-refractivity contribution < 1.29 is 14.3 Å². The van der Waals surface area contributed by atoms with Gasteiger partial charge in [0.2, 0.25) is 0 Å². The van der Waals surface area contributed by atoms with Crippen LogP contribution in [0.5, 0.6) is 0 Å². The molecule has 0 radical (unpaired) electrons. The van der Waals surface area contributed by atoms with E-state index in [9.17, 15) is 4.79 Å². The maximum absolute atomic E-state index is 10.6. The van der Waals surface area contributed by atoms with Crippen LogP contribution in [-0.2, 0) is 9.47 Å². The number of hydrogen-bond donors (Lipinski definition) is 1. The Labute approximate surface area is 65.2 Å². The molecule has 2 unspecified atom stereocenters. The summed E-state index contributed by atoms with van der Waals surface area (Å²) in [6.45, 7) is 3.54. The molecule has 1 saturated heterocycles. The number of rotatable bonds is 3. The highest BCUT2D eigenvalue weighted by atomic mass is 16.6. The molecule has 1 aliphatic rings. The highest BCUT2D eigenvalue weighted by Crippen LogP contribution is 2.12. The molecule has 2 atom stereocenters. The van der Waals surface area contributed by atoms with Crippen LogP contribution in [-0.4, -0.2) is 25.5 Å². The number of cyclic esters (lactones) is 1. The van der Waals surface area contributed by atoms with Gasteiger partial charge in [0.05, 0.1) is 0 Å². The topological polar surface area (TPSA) is 47.6 Å². The van der Waals surface area contributed by atoms with Gasteiger partial charge in [0.1, 0.15) is 0 Å². The highest BCUT2D eigenvalue weighted by Gasteiger charge is 2.32. The van der Waals surface area contributed by atoms with Crippen LogP contribution < -0.4 is 5.32 Å². The van der Waals surface area contributed by atoms with Crippen LogP contribution in [0.3, 0.4) is 0 Å². The Hall–Kier alpha value is -1.03. The van der Waals surface area contributed by atoms with E-state index in [1.165, 1.54) is 7.11 Å². The van der Waals surface area contributed by atoms with Crippen molar-refractivity contribution in [1.82, 2.24) is 5.32 Å². The number of hydrogen-bond acceptors (Lipinski definition) is 3. The summed E-state index contributed by atoms with van der Waals surface area (Å²) in [7, 11) is 1.52. The summed E-state index contributed by atoms with van der Waals surface area (Å²) >= 11 is 0. The third-order valence-electron chi connectivity index (χ3n) is 1.51.